The molecular formula is C25H28N2O4S2. The van der Waals surface area contributed by atoms with Gasteiger partial charge in [0.2, 0.25) is 10.0 Å². The number of amides is 1. The molecule has 0 saturated carbocycles. The van der Waals surface area contributed by atoms with Crippen molar-refractivity contribution in [1.82, 2.24) is 9.62 Å². The third-order valence-electron chi connectivity index (χ3n) is 5.77. The minimum Gasteiger partial charge on any atom is -0.490 e. The molecule has 1 aliphatic heterocycles. The molecule has 3 aromatic rings. The Kier molecular flexibility index (Phi) is 7.17. The first-order valence-electron chi connectivity index (χ1n) is 11.0. The molecule has 33 heavy (non-hydrogen) atoms. The molecule has 1 aromatic heterocycles. The molecule has 4 rings (SSSR count). The van der Waals surface area contributed by atoms with Crippen LogP contribution in [-0.2, 0) is 16.6 Å². The molecular weight excluding hydrogens is 456 g/mol. The fourth-order valence-electron chi connectivity index (χ4n) is 3.83. The van der Waals surface area contributed by atoms with E-state index in [1.54, 1.807) is 17.0 Å². The molecule has 0 bridgehead atoms. The lowest BCUT2D eigenvalue weighted by Crippen LogP contribution is -2.41. The van der Waals surface area contributed by atoms with Crippen LogP contribution in [0.2, 0.25) is 0 Å². The fraction of sp³-hybridized carbons (Fsp3) is 0.320. The quantitative estimate of drug-likeness (QED) is 0.535. The smallest absolute Gasteiger partial charge is 0.253 e. The van der Waals surface area contributed by atoms with Crippen LogP contribution in [0.3, 0.4) is 0 Å². The molecule has 1 amide bonds. The van der Waals surface area contributed by atoms with Crippen molar-refractivity contribution in [2.45, 2.75) is 44.2 Å². The lowest BCUT2D eigenvalue weighted by Gasteiger charge is -2.32. The van der Waals surface area contributed by atoms with Gasteiger partial charge in [0.25, 0.3) is 5.91 Å². The second-order valence-corrected chi connectivity index (χ2v) is 11.1. The normalized spacial score (nSPS) is 14.9. The highest BCUT2D eigenvalue weighted by molar-refractivity contribution is 7.89. The molecule has 0 radical (unpaired) electrons. The molecule has 0 spiro atoms. The summed E-state index contributed by atoms with van der Waals surface area (Å²) in [5, 5.41) is 1.90. The van der Waals surface area contributed by atoms with Crippen LogP contribution in [0.15, 0.2) is 64.9 Å². The first-order valence-corrected chi connectivity index (χ1v) is 13.3. The van der Waals surface area contributed by atoms with Gasteiger partial charge in [-0.3, -0.25) is 4.79 Å². The largest absolute Gasteiger partial charge is 0.490 e. The zero-order chi connectivity index (χ0) is 23.4. The Hall–Kier alpha value is -2.68. The average molecular weight is 485 g/mol. The standard InChI is InChI=1S/C25H28N2O4S2/c1-18-8-9-19(2)24(15-18)31-21-10-12-27(13-11-21)25(28)20-5-3-7-23(16-20)33(29,30)26-17-22-6-4-14-32-22/h3-9,14-16,21,26H,10-13,17H2,1-2H3. The predicted octanol–water partition coefficient (Wildman–Crippen LogP) is 4.53. The minimum atomic E-state index is -3.71. The van der Waals surface area contributed by atoms with Crippen molar-refractivity contribution in [3.63, 3.8) is 0 Å². The summed E-state index contributed by atoms with van der Waals surface area (Å²) in [4.78, 5) is 15.9. The van der Waals surface area contributed by atoms with E-state index in [1.165, 1.54) is 23.5 Å². The lowest BCUT2D eigenvalue weighted by molar-refractivity contribution is 0.0594. The van der Waals surface area contributed by atoms with E-state index in [4.69, 9.17) is 4.74 Å². The Morgan fingerprint density at radius 1 is 1.09 bits per heavy atom. The maximum absolute atomic E-state index is 13.1. The number of thiophene rings is 1. The second kappa shape index (κ2) is 10.1. The van der Waals surface area contributed by atoms with Crippen molar-refractivity contribution in [2.24, 2.45) is 0 Å². The number of sulfonamides is 1. The molecule has 2 heterocycles. The first-order chi connectivity index (χ1) is 15.8. The Labute approximate surface area is 199 Å². The molecule has 6 nitrogen and oxygen atoms in total. The number of ether oxygens (including phenoxy) is 1. The summed E-state index contributed by atoms with van der Waals surface area (Å²) in [6.07, 6.45) is 1.53. The van der Waals surface area contributed by atoms with Crippen molar-refractivity contribution in [3.05, 3.63) is 81.5 Å². The van der Waals surface area contributed by atoms with Gasteiger partial charge >= 0.3 is 0 Å². The number of carbonyl (C=O) groups excluding carboxylic acids is 1. The van der Waals surface area contributed by atoms with Crippen LogP contribution in [0.5, 0.6) is 5.75 Å². The van der Waals surface area contributed by atoms with Gasteiger partial charge in [0.15, 0.2) is 0 Å². The Bertz CT molecular complexity index is 1210. The fourth-order valence-corrected chi connectivity index (χ4v) is 5.62. The summed E-state index contributed by atoms with van der Waals surface area (Å²) in [5.41, 5.74) is 2.63. The summed E-state index contributed by atoms with van der Waals surface area (Å²) in [5.74, 6) is 0.739. The third-order valence-corrected chi connectivity index (χ3v) is 8.05. The average Bonchev–Trinajstić information content (AvgIpc) is 3.34. The highest BCUT2D eigenvalue weighted by atomic mass is 32.2. The third kappa shape index (κ3) is 5.82. The van der Waals surface area contributed by atoms with Crippen LogP contribution in [0, 0.1) is 13.8 Å². The van der Waals surface area contributed by atoms with Gasteiger partial charge in [-0.2, -0.15) is 0 Å². The molecule has 2 aromatic carbocycles. The van der Waals surface area contributed by atoms with Gasteiger partial charge in [0.05, 0.1) is 4.90 Å². The van der Waals surface area contributed by atoms with Gasteiger partial charge < -0.3 is 9.64 Å². The first kappa shape index (κ1) is 23.5. The molecule has 1 aliphatic rings. The molecule has 1 fully saturated rings. The van der Waals surface area contributed by atoms with Crippen molar-refractivity contribution < 1.29 is 17.9 Å². The van der Waals surface area contributed by atoms with E-state index in [1.807, 2.05) is 37.4 Å². The van der Waals surface area contributed by atoms with E-state index < -0.39 is 10.0 Å². The number of carbonyl (C=O) groups is 1. The molecule has 1 N–H and O–H groups in total. The zero-order valence-corrected chi connectivity index (χ0v) is 20.4. The van der Waals surface area contributed by atoms with Gasteiger partial charge in [0, 0.05) is 42.9 Å². The van der Waals surface area contributed by atoms with Crippen LogP contribution >= 0.6 is 11.3 Å². The minimum absolute atomic E-state index is 0.0581. The summed E-state index contributed by atoms with van der Waals surface area (Å²) in [6.45, 7) is 5.44. The number of rotatable bonds is 7. The van der Waals surface area contributed by atoms with Crippen molar-refractivity contribution >= 4 is 27.3 Å². The number of benzene rings is 2. The highest BCUT2D eigenvalue weighted by Gasteiger charge is 2.26. The van der Waals surface area contributed by atoms with E-state index in [0.29, 0.717) is 18.7 Å². The molecule has 0 atom stereocenters. The molecule has 0 aliphatic carbocycles. The topological polar surface area (TPSA) is 75.7 Å². The van der Waals surface area contributed by atoms with Crippen LogP contribution in [0.25, 0.3) is 0 Å². The van der Waals surface area contributed by atoms with Gasteiger partial charge in [-0.15, -0.1) is 11.3 Å². The Balaban J connectivity index is 1.37. The second-order valence-electron chi connectivity index (χ2n) is 8.31. The monoisotopic (exact) mass is 484 g/mol. The summed E-state index contributed by atoms with van der Waals surface area (Å²) in [6, 6.07) is 16.2. The predicted molar refractivity (Wildman–Crippen MR) is 130 cm³/mol. The van der Waals surface area contributed by atoms with Crippen molar-refractivity contribution in [3.8, 4) is 5.75 Å². The van der Waals surface area contributed by atoms with Crippen molar-refractivity contribution in [2.75, 3.05) is 13.1 Å². The molecule has 0 unspecified atom stereocenters. The Morgan fingerprint density at radius 2 is 1.88 bits per heavy atom. The molecule has 174 valence electrons. The SMILES string of the molecule is Cc1ccc(C)c(OC2CCN(C(=O)c3cccc(S(=O)(=O)NCc4cccs4)c3)CC2)c1. The van der Waals surface area contributed by atoms with Gasteiger partial charge in [-0.05, 0) is 60.7 Å². The summed E-state index contributed by atoms with van der Waals surface area (Å²) < 4.78 is 34.2. The van der Waals surface area contributed by atoms with Gasteiger partial charge in [0.1, 0.15) is 11.9 Å². The van der Waals surface area contributed by atoms with E-state index in [9.17, 15) is 13.2 Å². The number of piperidine rings is 1. The number of aryl methyl sites for hydroxylation is 2. The number of likely N-dealkylation sites (tertiary alicyclic amines) is 1. The maximum Gasteiger partial charge on any atom is 0.253 e. The van der Waals surface area contributed by atoms with E-state index in [-0.39, 0.29) is 23.5 Å². The number of nitrogens with one attached hydrogen (secondary N) is 1. The van der Waals surface area contributed by atoms with E-state index >= 15 is 0 Å². The summed E-state index contributed by atoms with van der Waals surface area (Å²) >= 11 is 1.49. The van der Waals surface area contributed by atoms with E-state index in [2.05, 4.69) is 16.9 Å². The number of nitrogens with zero attached hydrogens (tertiary/aromatic N) is 1. The van der Waals surface area contributed by atoms with Gasteiger partial charge in [-0.1, -0.05) is 24.3 Å². The van der Waals surface area contributed by atoms with Crippen LogP contribution in [0.4, 0.5) is 0 Å². The Morgan fingerprint density at radius 3 is 2.61 bits per heavy atom. The molecule has 1 saturated heterocycles. The van der Waals surface area contributed by atoms with E-state index in [0.717, 1.165) is 34.6 Å². The zero-order valence-electron chi connectivity index (χ0n) is 18.8. The number of hydrogen-bond donors (Lipinski definition) is 1. The molecule has 8 heteroatoms. The maximum atomic E-state index is 13.1. The van der Waals surface area contributed by atoms with Crippen LogP contribution in [-0.4, -0.2) is 38.4 Å². The highest BCUT2D eigenvalue weighted by Crippen LogP contribution is 2.25. The van der Waals surface area contributed by atoms with Crippen molar-refractivity contribution in [1.29, 1.82) is 0 Å². The van der Waals surface area contributed by atoms with Crippen LogP contribution < -0.4 is 9.46 Å². The summed E-state index contributed by atoms with van der Waals surface area (Å²) in [7, 11) is -3.71. The number of hydrogen-bond acceptors (Lipinski definition) is 5. The van der Waals surface area contributed by atoms with Crippen LogP contribution in [0.1, 0.15) is 39.2 Å². The lowest BCUT2D eigenvalue weighted by atomic mass is 10.1. The van der Waals surface area contributed by atoms with Gasteiger partial charge in [-0.25, -0.2) is 13.1 Å².